The van der Waals surface area contributed by atoms with E-state index in [1.54, 1.807) is 19.1 Å². The molecule has 0 aliphatic heterocycles. The van der Waals surface area contributed by atoms with Gasteiger partial charge in [-0.3, -0.25) is 8.75 Å². The molecule has 238 valence electrons. The van der Waals surface area contributed by atoms with Crippen molar-refractivity contribution in [3.63, 3.8) is 0 Å². The second-order valence-electron chi connectivity index (χ2n) is 10.7. The highest BCUT2D eigenvalue weighted by Gasteiger charge is 2.22. The van der Waals surface area contributed by atoms with Crippen molar-refractivity contribution in [2.75, 3.05) is 50.7 Å². The highest BCUT2D eigenvalue weighted by atomic mass is 32.2. The van der Waals surface area contributed by atoms with Crippen LogP contribution in [0, 0.1) is 11.8 Å². The molecule has 0 saturated carbocycles. The molecule has 0 spiro atoms. The summed E-state index contributed by atoms with van der Waals surface area (Å²) in [7, 11) is -6.97. The largest absolute Gasteiger partial charge is 0.491 e. The number of nitrogens with one attached hydrogen (secondary N) is 1. The van der Waals surface area contributed by atoms with Crippen LogP contribution in [0.1, 0.15) is 64.8 Å². The van der Waals surface area contributed by atoms with E-state index in [1.165, 1.54) is 6.66 Å². The molecule has 1 heterocycles. The zero-order valence-electron chi connectivity index (χ0n) is 26.4. The van der Waals surface area contributed by atoms with Crippen LogP contribution in [-0.2, 0) is 34.7 Å². The normalized spacial score (nSPS) is 12.9. The molecule has 1 atom stereocenters. The molecule has 11 nitrogen and oxygen atoms in total. The molecule has 1 N–H and O–H groups in total. The van der Waals surface area contributed by atoms with Crippen molar-refractivity contribution >= 4 is 34.7 Å². The number of aromatic nitrogens is 1. The number of carbonyl (C=O) groups is 1. The third-order valence-corrected chi connectivity index (χ3v) is 8.10. The Morgan fingerprint density at radius 3 is 2.35 bits per heavy atom. The molecule has 0 radical (unpaired) electrons. The highest BCUT2D eigenvalue weighted by Crippen LogP contribution is 2.40. The van der Waals surface area contributed by atoms with Crippen LogP contribution < -0.4 is 20.4 Å². The molecule has 0 aliphatic rings. The number of anilines is 1. The first-order chi connectivity index (χ1) is 20.1. The number of hydrogen-bond donors (Lipinski definition) is 1. The van der Waals surface area contributed by atoms with Crippen LogP contribution in [0.2, 0.25) is 0 Å². The van der Waals surface area contributed by atoms with Gasteiger partial charge in [0.05, 0.1) is 30.9 Å². The van der Waals surface area contributed by atoms with Gasteiger partial charge in [-0.05, 0) is 78.3 Å². The molecule has 1 aromatic heterocycles. The summed E-state index contributed by atoms with van der Waals surface area (Å²) in [5.74, 6) is 6.91. The van der Waals surface area contributed by atoms with E-state index in [1.807, 2.05) is 39.0 Å². The van der Waals surface area contributed by atoms with E-state index in [0.29, 0.717) is 30.9 Å². The first kappa shape index (κ1) is 36.1. The first-order valence-corrected chi connectivity index (χ1v) is 18.0. The third kappa shape index (κ3) is 13.0. The lowest BCUT2D eigenvalue weighted by Gasteiger charge is -2.24. The minimum absolute atomic E-state index is 0.182. The minimum atomic E-state index is -3.71. The van der Waals surface area contributed by atoms with Gasteiger partial charge in [0.15, 0.2) is 0 Å². The van der Waals surface area contributed by atoms with Gasteiger partial charge in [0, 0.05) is 37.4 Å². The number of pyridine rings is 1. The lowest BCUT2D eigenvalue weighted by molar-refractivity contribution is 0.0525. The molecule has 2 aromatic rings. The number of rotatable bonds is 14. The number of nitrogens with zero attached hydrogens (tertiary/aromatic N) is 2. The van der Waals surface area contributed by atoms with Crippen molar-refractivity contribution in [1.29, 1.82) is 0 Å². The Labute approximate surface area is 256 Å². The third-order valence-electron chi connectivity index (χ3n) is 5.74. The maximum absolute atomic E-state index is 13.1. The molecule has 0 bridgehead atoms. The van der Waals surface area contributed by atoms with Crippen molar-refractivity contribution in [3.05, 3.63) is 47.2 Å². The van der Waals surface area contributed by atoms with Gasteiger partial charge in [-0.25, -0.2) is 9.78 Å². The van der Waals surface area contributed by atoms with Crippen molar-refractivity contribution in [2.24, 2.45) is 0 Å². The van der Waals surface area contributed by atoms with Gasteiger partial charge < -0.3 is 24.2 Å². The molecule has 13 heteroatoms. The van der Waals surface area contributed by atoms with Crippen molar-refractivity contribution in [2.45, 2.75) is 60.2 Å². The summed E-state index contributed by atoms with van der Waals surface area (Å²) in [4.78, 5) is 18.3. The number of carbonyl (C=O) groups excluding carboxylic acids is 1. The molecule has 0 aliphatic carbocycles. The average molecular weight is 638 g/mol. The van der Waals surface area contributed by atoms with E-state index in [2.05, 4.69) is 40.9 Å². The lowest BCUT2D eigenvalue weighted by Crippen LogP contribution is -2.33. The summed E-state index contributed by atoms with van der Waals surface area (Å²) in [6.07, 6.45) is 1.08. The molecule has 1 aromatic carbocycles. The van der Waals surface area contributed by atoms with Crippen LogP contribution >= 0.6 is 7.37 Å². The van der Waals surface area contributed by atoms with Crippen molar-refractivity contribution in [1.82, 2.24) is 10.3 Å². The quantitative estimate of drug-likeness (QED) is 0.135. The Hall–Kier alpha value is -3.10. The van der Waals surface area contributed by atoms with E-state index in [-0.39, 0.29) is 24.3 Å². The molecule has 0 saturated heterocycles. The van der Waals surface area contributed by atoms with Crippen LogP contribution in [0.15, 0.2) is 30.3 Å². The topological polar surface area (TPSA) is 133 Å². The Bertz CT molecular complexity index is 1460. The fourth-order valence-corrected chi connectivity index (χ4v) is 5.48. The van der Waals surface area contributed by atoms with E-state index in [9.17, 15) is 17.8 Å². The monoisotopic (exact) mass is 637 g/mol. The second kappa shape index (κ2) is 16.1. The van der Waals surface area contributed by atoms with Gasteiger partial charge in [0.25, 0.3) is 10.1 Å². The Morgan fingerprint density at radius 2 is 1.74 bits per heavy atom. The van der Waals surface area contributed by atoms with Gasteiger partial charge in [0.2, 0.25) is 7.37 Å². The maximum atomic E-state index is 13.1. The van der Waals surface area contributed by atoms with Gasteiger partial charge in [0.1, 0.15) is 23.4 Å². The minimum Gasteiger partial charge on any atom is -0.491 e. The number of benzene rings is 1. The van der Waals surface area contributed by atoms with Gasteiger partial charge in [-0.15, -0.1) is 0 Å². The fourth-order valence-electron chi connectivity index (χ4n) is 3.84. The number of hydrogen-bond acceptors (Lipinski definition) is 10. The zero-order valence-corrected chi connectivity index (χ0v) is 28.1. The Kier molecular flexibility index (Phi) is 13.5. The predicted molar refractivity (Wildman–Crippen MR) is 169 cm³/mol. The smallest absolute Gasteiger partial charge is 0.407 e. The van der Waals surface area contributed by atoms with Crippen LogP contribution in [0.25, 0.3) is 0 Å². The summed E-state index contributed by atoms with van der Waals surface area (Å²) in [6.45, 7) is 15.0. The van der Waals surface area contributed by atoms with Gasteiger partial charge >= 0.3 is 6.09 Å². The highest BCUT2D eigenvalue weighted by molar-refractivity contribution is 7.85. The SMILES string of the molecule is CCOP(C)(=O)c1cc(C#Cc2ccc(OCCCNC(=O)OC(C)(C)C)c(N(CC)CC)c2)cc(COS(C)(=O)=O)n1. The second-order valence-corrected chi connectivity index (χ2v) is 14.7. The number of amides is 1. The fraction of sp³-hybridized carbons (Fsp3) is 0.533. The van der Waals surface area contributed by atoms with Crippen LogP contribution in [-0.4, -0.2) is 70.9 Å². The number of ether oxygens (including phenoxy) is 2. The summed E-state index contributed by atoms with van der Waals surface area (Å²) in [5, 5.41) is 2.73. The Balaban J connectivity index is 2.29. The van der Waals surface area contributed by atoms with E-state index in [4.69, 9.17) is 18.2 Å². The number of alkyl carbamates (subject to hydrolysis) is 1. The van der Waals surface area contributed by atoms with Crippen LogP contribution in [0.4, 0.5) is 10.5 Å². The Morgan fingerprint density at radius 1 is 1.07 bits per heavy atom. The molecule has 1 unspecified atom stereocenters. The summed E-state index contributed by atoms with van der Waals surface area (Å²) in [6, 6.07) is 8.82. The lowest BCUT2D eigenvalue weighted by atomic mass is 10.1. The van der Waals surface area contributed by atoms with E-state index in [0.717, 1.165) is 30.6 Å². The van der Waals surface area contributed by atoms with Crippen LogP contribution in [0.5, 0.6) is 5.75 Å². The molecule has 43 heavy (non-hydrogen) atoms. The molecule has 1 amide bonds. The van der Waals surface area contributed by atoms with E-state index >= 15 is 0 Å². The van der Waals surface area contributed by atoms with E-state index < -0.39 is 29.2 Å². The zero-order chi connectivity index (χ0) is 32.3. The van der Waals surface area contributed by atoms with Gasteiger partial charge in [-0.1, -0.05) is 11.8 Å². The molecular formula is C30H44N3O8PS. The van der Waals surface area contributed by atoms with Crippen molar-refractivity contribution in [3.8, 4) is 17.6 Å². The van der Waals surface area contributed by atoms with Gasteiger partial charge in [-0.2, -0.15) is 8.42 Å². The van der Waals surface area contributed by atoms with Crippen LogP contribution in [0.3, 0.4) is 0 Å². The standard InChI is InChI=1S/C30H44N3O8PS/c1-9-33(10-2)26-20-23(15-16-27(26)38-18-12-17-31-29(34)41-30(4,5)6)13-14-24-19-25(22-40-43(8,36)37)32-28(21-24)42(7,35)39-11-3/h15-16,19-21H,9-12,17-18,22H2,1-8H3,(H,31,34). The molecule has 0 fully saturated rings. The maximum Gasteiger partial charge on any atom is 0.407 e. The average Bonchev–Trinajstić information content (AvgIpc) is 2.90. The molecular weight excluding hydrogens is 593 g/mol. The summed E-state index contributed by atoms with van der Waals surface area (Å²) in [5.41, 5.74) is 1.98. The summed E-state index contributed by atoms with van der Waals surface area (Å²) < 4.78 is 57.8. The molecule has 2 rings (SSSR count). The summed E-state index contributed by atoms with van der Waals surface area (Å²) >= 11 is 0. The predicted octanol–water partition coefficient (Wildman–Crippen LogP) is 4.67. The van der Waals surface area contributed by atoms with Crippen molar-refractivity contribution < 1.29 is 36.0 Å². The first-order valence-electron chi connectivity index (χ1n) is 14.2.